The monoisotopic (exact) mass is 275 g/mol. The lowest BCUT2D eigenvalue weighted by Crippen LogP contribution is -2.23. The van der Waals surface area contributed by atoms with Crippen molar-refractivity contribution in [3.63, 3.8) is 0 Å². The summed E-state index contributed by atoms with van der Waals surface area (Å²) < 4.78 is 37.6. The molecule has 1 aromatic rings. The highest BCUT2D eigenvalue weighted by Gasteiger charge is 2.16. The lowest BCUT2D eigenvalue weighted by Gasteiger charge is -2.21. The van der Waals surface area contributed by atoms with Crippen molar-refractivity contribution < 1.29 is 13.0 Å². The van der Waals surface area contributed by atoms with E-state index in [1.54, 1.807) is 0 Å². The van der Waals surface area contributed by atoms with Gasteiger partial charge in [-0.3, -0.25) is 4.21 Å². The second kappa shape index (κ2) is 6.38. The molecule has 1 atom stereocenters. The van der Waals surface area contributed by atoms with Crippen LogP contribution in [-0.4, -0.2) is 16.5 Å². The molecule has 0 aromatic heterocycles. The molecule has 0 bridgehead atoms. The topological polar surface area (TPSA) is 43.1 Å². The van der Waals surface area contributed by atoms with Gasteiger partial charge in [-0.2, -0.15) is 0 Å². The normalized spacial score (nSPS) is 13.6. The van der Waals surface area contributed by atoms with E-state index in [9.17, 15) is 13.0 Å². The Morgan fingerprint density at radius 3 is 2.50 bits per heavy atom. The molecule has 5 heteroatoms. The Morgan fingerprint density at radius 1 is 1.28 bits per heavy atom. The van der Waals surface area contributed by atoms with Gasteiger partial charge < -0.3 is 5.73 Å². The van der Waals surface area contributed by atoms with E-state index in [0.29, 0.717) is 17.2 Å². The molecule has 0 fully saturated rings. The second-order valence-corrected chi connectivity index (χ2v) is 6.67. The molecule has 1 unspecified atom stereocenters. The maximum absolute atomic E-state index is 13.0. The molecule has 1 aromatic carbocycles. The Hall–Kier alpha value is -0.810. The second-order valence-electron chi connectivity index (χ2n) is 5.10. The molecule has 0 amide bonds. The van der Waals surface area contributed by atoms with E-state index in [4.69, 9.17) is 5.73 Å². The Kier molecular flexibility index (Phi) is 5.41. The van der Waals surface area contributed by atoms with Gasteiger partial charge in [0.05, 0.1) is 10.8 Å². The molecule has 102 valence electrons. The van der Waals surface area contributed by atoms with Gasteiger partial charge in [0, 0.05) is 10.6 Å². The first kappa shape index (κ1) is 15.2. The van der Waals surface area contributed by atoms with Crippen LogP contribution in [0.1, 0.15) is 26.7 Å². The number of hydrogen-bond acceptors (Lipinski definition) is 2. The maximum atomic E-state index is 13.0. The van der Waals surface area contributed by atoms with Crippen LogP contribution in [0.25, 0.3) is 0 Å². The van der Waals surface area contributed by atoms with Gasteiger partial charge in [-0.05, 0) is 43.0 Å². The molecule has 1 rings (SSSR count). The number of halogens is 2. The van der Waals surface area contributed by atoms with Crippen LogP contribution in [0.15, 0.2) is 23.1 Å². The fraction of sp³-hybridized carbons (Fsp3) is 0.538. The van der Waals surface area contributed by atoms with E-state index in [2.05, 4.69) is 0 Å². The third-order valence-electron chi connectivity index (χ3n) is 2.89. The van der Waals surface area contributed by atoms with Crippen LogP contribution in [0.5, 0.6) is 0 Å². The van der Waals surface area contributed by atoms with Crippen LogP contribution in [0, 0.1) is 17.0 Å². The first-order valence-electron chi connectivity index (χ1n) is 5.89. The van der Waals surface area contributed by atoms with Gasteiger partial charge in [-0.15, -0.1) is 0 Å². The number of nitrogens with two attached hydrogens (primary N) is 1. The molecule has 2 nitrogen and oxygen atoms in total. The van der Waals surface area contributed by atoms with Crippen LogP contribution in [0.2, 0.25) is 0 Å². The van der Waals surface area contributed by atoms with Gasteiger partial charge in [0.2, 0.25) is 0 Å². The van der Waals surface area contributed by atoms with E-state index in [0.717, 1.165) is 25.0 Å². The fourth-order valence-corrected chi connectivity index (χ4v) is 2.62. The summed E-state index contributed by atoms with van der Waals surface area (Å²) in [5.74, 6) is -1.43. The molecule has 0 heterocycles. The summed E-state index contributed by atoms with van der Waals surface area (Å²) in [5.41, 5.74) is 5.63. The van der Waals surface area contributed by atoms with Crippen LogP contribution in [-0.2, 0) is 10.8 Å². The quantitative estimate of drug-likeness (QED) is 0.867. The van der Waals surface area contributed by atoms with Crippen molar-refractivity contribution in [3.05, 3.63) is 29.8 Å². The highest BCUT2D eigenvalue weighted by Crippen LogP contribution is 2.21. The molecule has 0 aliphatic rings. The third-order valence-corrected chi connectivity index (χ3v) is 4.33. The molecular formula is C13H19F2NOS. The smallest absolute Gasteiger partial charge is 0.160 e. The zero-order chi connectivity index (χ0) is 13.8. The van der Waals surface area contributed by atoms with Crippen molar-refractivity contribution in [2.24, 2.45) is 11.1 Å². The zero-order valence-corrected chi connectivity index (χ0v) is 11.5. The summed E-state index contributed by atoms with van der Waals surface area (Å²) >= 11 is 0. The lowest BCUT2D eigenvalue weighted by atomic mass is 9.88. The fourth-order valence-electron chi connectivity index (χ4n) is 1.52. The predicted molar refractivity (Wildman–Crippen MR) is 69.7 cm³/mol. The highest BCUT2D eigenvalue weighted by molar-refractivity contribution is 7.85. The molecule has 0 radical (unpaired) electrons. The number of hydrogen-bond donors (Lipinski definition) is 1. The molecule has 0 aliphatic heterocycles. The average molecular weight is 275 g/mol. The average Bonchev–Trinajstić information content (AvgIpc) is 2.32. The van der Waals surface area contributed by atoms with Crippen LogP contribution in [0.3, 0.4) is 0 Å². The Balaban J connectivity index is 2.53. The Morgan fingerprint density at radius 2 is 1.94 bits per heavy atom. The summed E-state index contributed by atoms with van der Waals surface area (Å²) in [5, 5.41) is 0. The van der Waals surface area contributed by atoms with Crippen molar-refractivity contribution >= 4 is 10.8 Å². The van der Waals surface area contributed by atoms with Gasteiger partial charge >= 0.3 is 0 Å². The largest absolute Gasteiger partial charge is 0.330 e. The van der Waals surface area contributed by atoms with Gasteiger partial charge in [-0.1, -0.05) is 13.8 Å². The van der Waals surface area contributed by atoms with Crippen molar-refractivity contribution in [2.45, 2.75) is 31.6 Å². The van der Waals surface area contributed by atoms with E-state index >= 15 is 0 Å². The van der Waals surface area contributed by atoms with Crippen molar-refractivity contribution in [1.82, 2.24) is 0 Å². The maximum Gasteiger partial charge on any atom is 0.160 e. The summed E-state index contributed by atoms with van der Waals surface area (Å²) in [6.45, 7) is 4.67. The molecule has 0 spiro atoms. The highest BCUT2D eigenvalue weighted by atomic mass is 32.2. The van der Waals surface area contributed by atoms with Gasteiger partial charge in [0.25, 0.3) is 0 Å². The number of rotatable bonds is 6. The zero-order valence-electron chi connectivity index (χ0n) is 10.7. The van der Waals surface area contributed by atoms with Crippen LogP contribution >= 0.6 is 0 Å². The van der Waals surface area contributed by atoms with Crippen molar-refractivity contribution in [2.75, 3.05) is 12.3 Å². The van der Waals surface area contributed by atoms with E-state index in [1.807, 2.05) is 13.8 Å². The standard InChI is InChI=1S/C13H19F2NOS/c1-13(2,9-16)6-3-7-18(17)10-4-5-11(14)12(15)8-10/h4-5,8H,3,6-7,9,16H2,1-2H3. The van der Waals surface area contributed by atoms with Gasteiger partial charge in [0.15, 0.2) is 11.6 Å². The summed E-state index contributed by atoms with van der Waals surface area (Å²) in [4.78, 5) is 0.333. The van der Waals surface area contributed by atoms with Crippen molar-refractivity contribution in [3.8, 4) is 0 Å². The predicted octanol–water partition coefficient (Wildman–Crippen LogP) is 2.84. The molecule has 2 N–H and O–H groups in total. The minimum absolute atomic E-state index is 0.0260. The molecule has 0 saturated carbocycles. The van der Waals surface area contributed by atoms with Crippen molar-refractivity contribution in [1.29, 1.82) is 0 Å². The first-order valence-corrected chi connectivity index (χ1v) is 7.21. The van der Waals surface area contributed by atoms with Gasteiger partial charge in [0.1, 0.15) is 0 Å². The van der Waals surface area contributed by atoms with E-state index in [1.165, 1.54) is 6.07 Å². The third kappa shape index (κ3) is 4.46. The minimum atomic E-state index is -1.29. The Labute approximate surface area is 109 Å². The molecule has 0 aliphatic carbocycles. The molecule has 18 heavy (non-hydrogen) atoms. The van der Waals surface area contributed by atoms with Crippen LogP contribution < -0.4 is 5.73 Å². The summed E-state index contributed by atoms with van der Waals surface area (Å²) in [6, 6.07) is 3.37. The van der Waals surface area contributed by atoms with E-state index in [-0.39, 0.29) is 5.41 Å². The molecule has 0 saturated heterocycles. The summed E-state index contributed by atoms with van der Waals surface area (Å²) in [6.07, 6.45) is 1.61. The SMILES string of the molecule is CC(C)(CN)CCCS(=O)c1ccc(F)c(F)c1. The lowest BCUT2D eigenvalue weighted by molar-refractivity contribution is 0.344. The number of benzene rings is 1. The van der Waals surface area contributed by atoms with Gasteiger partial charge in [-0.25, -0.2) is 8.78 Å². The minimum Gasteiger partial charge on any atom is -0.330 e. The summed E-state index contributed by atoms with van der Waals surface area (Å²) in [7, 11) is -1.29. The molecular weight excluding hydrogens is 256 g/mol. The van der Waals surface area contributed by atoms with E-state index < -0.39 is 22.4 Å². The van der Waals surface area contributed by atoms with Crippen LogP contribution in [0.4, 0.5) is 8.78 Å². The Bertz CT molecular complexity index is 435. The first-order chi connectivity index (χ1) is 8.35.